The molecule has 0 spiro atoms. The van der Waals surface area contributed by atoms with Gasteiger partial charge in [-0.2, -0.15) is 30.7 Å². The average molecular weight is 376 g/mol. The van der Waals surface area contributed by atoms with Crippen LogP contribution in [0, 0.1) is 6.92 Å². The second kappa shape index (κ2) is 6.76. The molecule has 2 N–H and O–H groups in total. The quantitative estimate of drug-likeness (QED) is 0.455. The summed E-state index contributed by atoms with van der Waals surface area (Å²) in [6.07, 6.45) is -5.62. The fraction of sp³-hybridized carbons (Fsp3) is 0.385. The number of carbonyl (C=O) groups is 2. The monoisotopic (exact) mass is 376 g/mol. The molecule has 0 aliphatic heterocycles. The maximum atomic E-state index is 13.1. The van der Waals surface area contributed by atoms with E-state index in [4.69, 9.17) is 4.42 Å². The van der Waals surface area contributed by atoms with E-state index in [0.717, 1.165) is 6.92 Å². The molecule has 0 aliphatic rings. The third-order valence-corrected chi connectivity index (χ3v) is 2.88. The predicted octanol–water partition coefficient (Wildman–Crippen LogP) is 3.13. The van der Waals surface area contributed by atoms with Gasteiger partial charge in [0.05, 0.1) is 11.8 Å². The van der Waals surface area contributed by atoms with E-state index in [1.54, 1.807) is 0 Å². The molecular weight excluding hydrogens is 365 g/mol. The molecule has 0 unspecified atom stereocenters. The van der Waals surface area contributed by atoms with Crippen molar-refractivity contribution in [2.24, 2.45) is 0 Å². The molecule has 0 bridgehead atoms. The highest BCUT2D eigenvalue weighted by Crippen LogP contribution is 2.47. The fourth-order valence-electron chi connectivity index (χ4n) is 1.50. The van der Waals surface area contributed by atoms with Crippen molar-refractivity contribution in [1.82, 2.24) is 10.9 Å². The molecule has 5 nitrogen and oxygen atoms in total. The van der Waals surface area contributed by atoms with Gasteiger partial charge in [-0.1, -0.05) is 0 Å². The predicted molar refractivity (Wildman–Crippen MR) is 68.8 cm³/mol. The van der Waals surface area contributed by atoms with Gasteiger partial charge in [0.15, 0.2) is 0 Å². The minimum Gasteiger partial charge on any atom is -0.469 e. The van der Waals surface area contributed by atoms with Gasteiger partial charge in [0.1, 0.15) is 5.76 Å². The number of halogens is 7. The summed E-state index contributed by atoms with van der Waals surface area (Å²) >= 11 is 0. The van der Waals surface area contributed by atoms with Gasteiger partial charge in [-0.25, -0.2) is 0 Å². The lowest BCUT2D eigenvalue weighted by Crippen LogP contribution is -2.55. The SMILES string of the molecule is C/C(=C\C(=O)C(F)(F)C(F)(F)C(F)(F)F)NNC(=O)c1ccoc1C. The summed E-state index contributed by atoms with van der Waals surface area (Å²) in [5, 5.41) is 0. The van der Waals surface area contributed by atoms with Crippen LogP contribution >= 0.6 is 0 Å². The number of ketones is 1. The highest BCUT2D eigenvalue weighted by molar-refractivity contribution is 5.97. The summed E-state index contributed by atoms with van der Waals surface area (Å²) in [7, 11) is 0. The van der Waals surface area contributed by atoms with Crippen LogP contribution in [0.2, 0.25) is 0 Å². The third kappa shape index (κ3) is 4.12. The molecule has 1 rings (SSSR count). The Morgan fingerprint density at radius 1 is 1.08 bits per heavy atom. The van der Waals surface area contributed by atoms with Gasteiger partial charge in [-0.3, -0.25) is 15.0 Å². The molecule has 25 heavy (non-hydrogen) atoms. The zero-order chi connectivity index (χ0) is 19.6. The molecule has 0 fully saturated rings. The summed E-state index contributed by atoms with van der Waals surface area (Å²) in [4.78, 5) is 22.8. The number of hydrogen-bond acceptors (Lipinski definition) is 4. The molecule has 0 radical (unpaired) electrons. The van der Waals surface area contributed by atoms with E-state index in [-0.39, 0.29) is 17.4 Å². The van der Waals surface area contributed by atoms with Crippen LogP contribution in [0.25, 0.3) is 0 Å². The molecule has 140 valence electrons. The standard InChI is InChI=1S/C13H11F7N2O3/c1-6(21-22-10(24)8-3-4-25-7(8)2)5-9(23)11(14,15)12(16,17)13(18,19)20/h3-5,21H,1-2H3,(H,22,24)/b6-5+. The van der Waals surface area contributed by atoms with Crippen molar-refractivity contribution in [1.29, 1.82) is 0 Å². The van der Waals surface area contributed by atoms with Gasteiger partial charge in [0.25, 0.3) is 5.91 Å². The number of rotatable bonds is 6. The molecule has 0 saturated carbocycles. The lowest BCUT2D eigenvalue weighted by Gasteiger charge is -2.26. The Labute approximate surface area is 135 Å². The summed E-state index contributed by atoms with van der Waals surface area (Å²) in [6, 6.07) is 1.26. The van der Waals surface area contributed by atoms with E-state index in [1.807, 2.05) is 10.9 Å². The van der Waals surface area contributed by atoms with Gasteiger partial charge in [-0.15, -0.1) is 0 Å². The zero-order valence-electron chi connectivity index (χ0n) is 12.6. The first-order valence-electron chi connectivity index (χ1n) is 6.37. The van der Waals surface area contributed by atoms with Gasteiger partial charge >= 0.3 is 18.0 Å². The fourth-order valence-corrected chi connectivity index (χ4v) is 1.50. The van der Waals surface area contributed by atoms with Crippen molar-refractivity contribution in [2.75, 3.05) is 0 Å². The first-order chi connectivity index (χ1) is 11.2. The van der Waals surface area contributed by atoms with Crippen LogP contribution in [0.1, 0.15) is 23.0 Å². The largest absolute Gasteiger partial charge is 0.469 e. The Morgan fingerprint density at radius 3 is 2.08 bits per heavy atom. The number of furan rings is 1. The van der Waals surface area contributed by atoms with Crippen LogP contribution in [-0.4, -0.2) is 29.7 Å². The number of carbonyl (C=O) groups excluding carboxylic acids is 2. The molecule has 1 aromatic rings. The number of nitrogens with one attached hydrogen (secondary N) is 2. The van der Waals surface area contributed by atoms with E-state index in [1.165, 1.54) is 19.3 Å². The Hall–Kier alpha value is -2.53. The lowest BCUT2D eigenvalue weighted by atomic mass is 10.1. The average Bonchev–Trinajstić information content (AvgIpc) is 2.89. The molecule has 0 saturated heterocycles. The summed E-state index contributed by atoms with van der Waals surface area (Å²) < 4.78 is 92.5. The van der Waals surface area contributed by atoms with Crippen LogP contribution in [0.5, 0.6) is 0 Å². The highest BCUT2D eigenvalue weighted by Gasteiger charge is 2.75. The van der Waals surface area contributed by atoms with E-state index < -0.39 is 35.4 Å². The van der Waals surface area contributed by atoms with E-state index >= 15 is 0 Å². The van der Waals surface area contributed by atoms with Crippen LogP contribution in [0.3, 0.4) is 0 Å². The number of hydrogen-bond donors (Lipinski definition) is 2. The van der Waals surface area contributed by atoms with Crippen LogP contribution in [0.4, 0.5) is 30.7 Å². The van der Waals surface area contributed by atoms with Crippen molar-refractivity contribution in [3.63, 3.8) is 0 Å². The number of allylic oxidation sites excluding steroid dienone is 2. The normalized spacial score (nSPS) is 13.6. The number of aryl methyl sites for hydroxylation is 1. The minimum absolute atomic E-state index is 0.0422. The Balaban J connectivity index is 2.83. The van der Waals surface area contributed by atoms with E-state index in [0.29, 0.717) is 0 Å². The van der Waals surface area contributed by atoms with E-state index in [2.05, 4.69) is 0 Å². The Kier molecular flexibility index (Phi) is 5.55. The molecule has 1 heterocycles. The van der Waals surface area contributed by atoms with Crippen LogP contribution in [0.15, 0.2) is 28.5 Å². The van der Waals surface area contributed by atoms with Crippen molar-refractivity contribution < 1.29 is 44.7 Å². The first kappa shape index (κ1) is 20.5. The van der Waals surface area contributed by atoms with Crippen molar-refractivity contribution in [3.8, 4) is 0 Å². The molecule has 1 amide bonds. The first-order valence-corrected chi connectivity index (χ1v) is 6.37. The Morgan fingerprint density at radius 2 is 1.64 bits per heavy atom. The minimum atomic E-state index is -6.62. The number of alkyl halides is 7. The van der Waals surface area contributed by atoms with Gasteiger partial charge < -0.3 is 9.84 Å². The lowest BCUT2D eigenvalue weighted by molar-refractivity contribution is -0.342. The van der Waals surface area contributed by atoms with Crippen LogP contribution < -0.4 is 10.9 Å². The summed E-state index contributed by atoms with van der Waals surface area (Å²) in [5.74, 6) is -16.0. The number of hydrazine groups is 1. The van der Waals surface area contributed by atoms with Gasteiger partial charge in [0, 0.05) is 11.8 Å². The second-order valence-corrected chi connectivity index (χ2v) is 4.81. The highest BCUT2D eigenvalue weighted by atomic mass is 19.4. The third-order valence-electron chi connectivity index (χ3n) is 2.88. The topological polar surface area (TPSA) is 71.3 Å². The smallest absolute Gasteiger partial charge is 0.460 e. The maximum absolute atomic E-state index is 13.1. The van der Waals surface area contributed by atoms with Crippen molar-refractivity contribution in [2.45, 2.75) is 31.9 Å². The van der Waals surface area contributed by atoms with Gasteiger partial charge in [0.2, 0.25) is 5.78 Å². The van der Waals surface area contributed by atoms with Crippen molar-refractivity contribution in [3.05, 3.63) is 35.4 Å². The summed E-state index contributed by atoms with van der Waals surface area (Å²) in [5.41, 5.74) is 3.30. The number of amides is 1. The maximum Gasteiger partial charge on any atom is 0.460 e. The molecule has 12 heteroatoms. The zero-order valence-corrected chi connectivity index (χ0v) is 12.6. The molecule has 0 atom stereocenters. The van der Waals surface area contributed by atoms with Crippen molar-refractivity contribution >= 4 is 11.7 Å². The Bertz CT molecular complexity index is 692. The molecule has 1 aromatic heterocycles. The van der Waals surface area contributed by atoms with Gasteiger partial charge in [-0.05, 0) is 19.9 Å². The van der Waals surface area contributed by atoms with E-state index in [9.17, 15) is 40.3 Å². The molecule has 0 aromatic carbocycles. The summed E-state index contributed by atoms with van der Waals surface area (Å²) in [6.45, 7) is 2.32. The molecular formula is C13H11F7N2O3. The second-order valence-electron chi connectivity index (χ2n) is 4.81. The molecule has 0 aliphatic carbocycles. The van der Waals surface area contributed by atoms with Crippen LogP contribution in [-0.2, 0) is 4.79 Å².